The van der Waals surface area contributed by atoms with Crippen molar-refractivity contribution in [3.8, 4) is 0 Å². The highest BCUT2D eigenvalue weighted by Gasteiger charge is 2.36. The molecule has 3 aromatic rings. The maximum atomic E-state index is 3.77. The fourth-order valence-electron chi connectivity index (χ4n) is 3.87. The van der Waals surface area contributed by atoms with E-state index in [1.54, 1.807) is 0 Å². The predicted octanol–water partition coefficient (Wildman–Crippen LogP) is 5.70. The molecule has 0 aliphatic carbocycles. The Morgan fingerprint density at radius 2 is 1.46 bits per heavy atom. The summed E-state index contributed by atoms with van der Waals surface area (Å²) in [6.45, 7) is 6.66. The van der Waals surface area contributed by atoms with Gasteiger partial charge in [-0.25, -0.2) is 4.58 Å². The smallest absolute Gasteiger partial charge is 0.253 e. The van der Waals surface area contributed by atoms with Gasteiger partial charge in [-0.2, -0.15) is 0 Å². The Kier molecular flexibility index (Phi) is 4.34. The van der Waals surface area contributed by atoms with Crippen LogP contribution in [0.25, 0.3) is 0 Å². The van der Waals surface area contributed by atoms with E-state index >= 15 is 0 Å². The number of benzene rings is 3. The number of rotatable bonds is 3. The minimum atomic E-state index is 0.112. The Morgan fingerprint density at radius 1 is 0.808 bits per heavy atom. The normalized spacial score (nSPS) is 17.4. The minimum absolute atomic E-state index is 0.112. The number of nitrogens with zero attached hydrogens (tertiary/aromatic N) is 1. The zero-order chi connectivity index (χ0) is 18.1. The fraction of sp³-hybridized carbons (Fsp3) is 0.208. The second kappa shape index (κ2) is 6.80. The molecule has 1 aliphatic rings. The van der Waals surface area contributed by atoms with Gasteiger partial charge < -0.3 is 5.32 Å². The summed E-state index contributed by atoms with van der Waals surface area (Å²) in [5.74, 6) is 0. The average Bonchev–Trinajstić information content (AvgIpc) is 2.69. The molecular formula is C24H25N2+. The monoisotopic (exact) mass is 341 g/mol. The quantitative estimate of drug-likeness (QED) is 0.604. The number of hydrogen-bond acceptors (Lipinski definition) is 1. The van der Waals surface area contributed by atoms with Crippen molar-refractivity contribution in [2.45, 2.75) is 33.0 Å². The largest absolute Gasteiger partial charge is 0.323 e. The van der Waals surface area contributed by atoms with Crippen LogP contribution in [-0.4, -0.2) is 10.3 Å². The maximum Gasteiger partial charge on any atom is 0.253 e. The third-order valence-electron chi connectivity index (χ3n) is 5.37. The molecule has 0 radical (unpaired) electrons. The number of aryl methyl sites for hydroxylation is 1. The van der Waals surface area contributed by atoms with Crippen molar-refractivity contribution in [3.63, 3.8) is 0 Å². The number of fused-ring (bicyclic) bond motifs is 1. The molecule has 0 saturated heterocycles. The molecule has 0 amide bonds. The summed E-state index contributed by atoms with van der Waals surface area (Å²) >= 11 is 0. The molecule has 26 heavy (non-hydrogen) atoms. The molecule has 0 fully saturated rings. The van der Waals surface area contributed by atoms with Crippen LogP contribution in [0.1, 0.15) is 48.3 Å². The SMILES string of the molecule is CC1=[N+]([C@H](C)c2ccccc2)C(c2ccc(C)cc2)Nc2ccccc21. The molecule has 1 aliphatic heterocycles. The van der Waals surface area contributed by atoms with Gasteiger partial charge in [0.2, 0.25) is 0 Å². The Bertz CT molecular complexity index is 939. The van der Waals surface area contributed by atoms with Gasteiger partial charge in [0.25, 0.3) is 6.17 Å². The first-order valence-corrected chi connectivity index (χ1v) is 9.24. The summed E-state index contributed by atoms with van der Waals surface area (Å²) < 4.78 is 2.50. The zero-order valence-corrected chi connectivity index (χ0v) is 15.6. The van der Waals surface area contributed by atoms with Crippen molar-refractivity contribution in [2.75, 3.05) is 5.32 Å². The van der Waals surface area contributed by atoms with E-state index in [1.165, 1.54) is 33.7 Å². The van der Waals surface area contributed by atoms with Gasteiger partial charge in [-0.05, 0) is 19.1 Å². The van der Waals surface area contributed by atoms with Gasteiger partial charge >= 0.3 is 0 Å². The first-order valence-electron chi connectivity index (χ1n) is 9.24. The second-order valence-corrected chi connectivity index (χ2v) is 7.08. The molecule has 4 rings (SSSR count). The number of hydrogen-bond donors (Lipinski definition) is 1. The molecule has 1 heterocycles. The van der Waals surface area contributed by atoms with Crippen molar-refractivity contribution < 1.29 is 4.58 Å². The van der Waals surface area contributed by atoms with Crippen LogP contribution in [0.4, 0.5) is 5.69 Å². The van der Waals surface area contributed by atoms with Crippen LogP contribution in [0.15, 0.2) is 78.9 Å². The Morgan fingerprint density at radius 3 is 2.19 bits per heavy atom. The van der Waals surface area contributed by atoms with E-state index in [4.69, 9.17) is 0 Å². The summed E-state index contributed by atoms with van der Waals surface area (Å²) in [5.41, 5.74) is 7.68. The minimum Gasteiger partial charge on any atom is -0.323 e. The summed E-state index contributed by atoms with van der Waals surface area (Å²) in [5, 5.41) is 3.77. The lowest BCUT2D eigenvalue weighted by atomic mass is 9.98. The highest BCUT2D eigenvalue weighted by Crippen LogP contribution is 2.34. The molecule has 3 aromatic carbocycles. The maximum absolute atomic E-state index is 3.77. The molecule has 0 spiro atoms. The topological polar surface area (TPSA) is 15.0 Å². The van der Waals surface area contributed by atoms with E-state index in [1.807, 2.05) is 0 Å². The summed E-state index contributed by atoms with van der Waals surface area (Å²) in [4.78, 5) is 0. The Labute approximate surface area is 155 Å². The molecule has 2 nitrogen and oxygen atoms in total. The van der Waals surface area contributed by atoms with Crippen molar-refractivity contribution in [2.24, 2.45) is 0 Å². The van der Waals surface area contributed by atoms with Gasteiger partial charge in [0.1, 0.15) is 0 Å². The van der Waals surface area contributed by atoms with Crippen LogP contribution < -0.4 is 5.32 Å². The average molecular weight is 341 g/mol. The van der Waals surface area contributed by atoms with Crippen LogP contribution in [0.3, 0.4) is 0 Å². The zero-order valence-electron chi connectivity index (χ0n) is 15.6. The highest BCUT2D eigenvalue weighted by atomic mass is 15.2. The lowest BCUT2D eigenvalue weighted by Gasteiger charge is -2.29. The standard InChI is InChI=1S/C24H24N2/c1-17-13-15-21(16-14-17)24-25-23-12-8-7-11-22(23)19(3)26(24)18(2)20-9-5-4-6-10-20/h4-16,18,24H,1-3H3/p+1/t18-,24?/m1/s1. The molecule has 1 N–H and O–H groups in total. The first-order chi connectivity index (χ1) is 12.6. The van der Waals surface area contributed by atoms with Crippen LogP contribution in [-0.2, 0) is 0 Å². The predicted molar refractivity (Wildman–Crippen MR) is 109 cm³/mol. The summed E-state index contributed by atoms with van der Waals surface area (Å²) in [6, 6.07) is 28.4. The van der Waals surface area contributed by atoms with E-state index in [9.17, 15) is 0 Å². The lowest BCUT2D eigenvalue weighted by Crippen LogP contribution is -2.36. The van der Waals surface area contributed by atoms with E-state index < -0.39 is 0 Å². The van der Waals surface area contributed by atoms with Crippen LogP contribution in [0, 0.1) is 6.92 Å². The van der Waals surface area contributed by atoms with Crippen LogP contribution in [0.2, 0.25) is 0 Å². The molecule has 2 atom stereocenters. The van der Waals surface area contributed by atoms with E-state index in [0.29, 0.717) is 0 Å². The number of nitrogens with one attached hydrogen (secondary N) is 1. The third-order valence-corrected chi connectivity index (χ3v) is 5.37. The Balaban J connectivity index is 1.87. The first kappa shape index (κ1) is 16.6. The van der Waals surface area contributed by atoms with Crippen molar-refractivity contribution in [3.05, 3.63) is 101 Å². The van der Waals surface area contributed by atoms with Crippen LogP contribution >= 0.6 is 0 Å². The second-order valence-electron chi connectivity index (χ2n) is 7.08. The fourth-order valence-corrected chi connectivity index (χ4v) is 3.87. The van der Waals surface area contributed by atoms with Gasteiger partial charge in [0.05, 0.1) is 11.3 Å². The van der Waals surface area contributed by atoms with Gasteiger partial charge in [-0.15, -0.1) is 0 Å². The molecule has 0 saturated carbocycles. The van der Waals surface area contributed by atoms with E-state index in [2.05, 4.69) is 110 Å². The van der Waals surface area contributed by atoms with Gasteiger partial charge in [0, 0.05) is 25.0 Å². The van der Waals surface area contributed by atoms with Crippen LogP contribution in [0.5, 0.6) is 0 Å². The van der Waals surface area contributed by atoms with Gasteiger partial charge in [-0.1, -0.05) is 72.3 Å². The van der Waals surface area contributed by atoms with E-state index in [0.717, 1.165) is 0 Å². The molecule has 0 aromatic heterocycles. The molecule has 130 valence electrons. The third kappa shape index (κ3) is 2.92. The van der Waals surface area contributed by atoms with Gasteiger partial charge in [0.15, 0.2) is 11.8 Å². The number of para-hydroxylation sites is 1. The van der Waals surface area contributed by atoms with Gasteiger partial charge in [-0.3, -0.25) is 0 Å². The van der Waals surface area contributed by atoms with Crippen molar-refractivity contribution >= 4 is 11.4 Å². The molecule has 1 unspecified atom stereocenters. The lowest BCUT2D eigenvalue weighted by molar-refractivity contribution is -0.605. The molecular weight excluding hydrogens is 316 g/mol. The molecule has 0 bridgehead atoms. The Hall–Kier alpha value is -2.87. The summed E-state index contributed by atoms with van der Waals surface area (Å²) in [6.07, 6.45) is 0.112. The van der Waals surface area contributed by atoms with E-state index in [-0.39, 0.29) is 12.2 Å². The van der Waals surface area contributed by atoms with Crippen molar-refractivity contribution in [1.29, 1.82) is 0 Å². The molecule has 2 heteroatoms. The van der Waals surface area contributed by atoms with Crippen molar-refractivity contribution in [1.82, 2.24) is 0 Å². The number of anilines is 1. The summed E-state index contributed by atoms with van der Waals surface area (Å²) in [7, 11) is 0. The highest BCUT2D eigenvalue weighted by molar-refractivity contribution is 6.01.